The van der Waals surface area contributed by atoms with E-state index in [4.69, 9.17) is 31.2 Å². The molecule has 0 unspecified atom stereocenters. The zero-order valence-electron chi connectivity index (χ0n) is 19.3. The predicted molar refractivity (Wildman–Crippen MR) is 119 cm³/mol. The molecule has 0 aromatic carbocycles. The van der Waals surface area contributed by atoms with E-state index in [0.29, 0.717) is 0 Å². The molecule has 2 saturated heterocycles. The zero-order chi connectivity index (χ0) is 27.0. The van der Waals surface area contributed by atoms with E-state index < -0.39 is 72.8 Å². The van der Waals surface area contributed by atoms with Crippen LogP contribution < -0.4 is 22.8 Å². The van der Waals surface area contributed by atoms with Gasteiger partial charge in [0.2, 0.25) is 0 Å². The molecule has 4 heterocycles. The molecule has 2 fully saturated rings. The standard InChI is InChI=1S/2C10H14FN3O4/c2*1-10(11)7(16)5(4-15)18-8(10)14-3-2-6(12)13-9(14)17/h2*2-3,5,7-8,15-16H,4H2,1H3,(H2,12,13,17)/t2*5-,7-,8-,10-/m11/s1. The lowest BCUT2D eigenvalue weighted by atomic mass is 9.98. The quantitative estimate of drug-likeness (QED) is 0.250. The maximum atomic E-state index is 14.4. The number of aromatic nitrogens is 4. The summed E-state index contributed by atoms with van der Waals surface area (Å²) < 4.78 is 40.8. The maximum absolute atomic E-state index is 14.4. The Kier molecular flexibility index (Phi) is 7.77. The number of nitrogen functional groups attached to an aromatic ring is 2. The Balaban J connectivity index is 0.000000201. The molecule has 0 radical (unpaired) electrons. The van der Waals surface area contributed by atoms with Crippen molar-refractivity contribution in [3.05, 3.63) is 45.5 Å². The highest BCUT2D eigenvalue weighted by Gasteiger charge is 2.56. The van der Waals surface area contributed by atoms with Gasteiger partial charge in [-0.2, -0.15) is 9.97 Å². The number of alkyl halides is 2. The first-order valence-electron chi connectivity index (χ1n) is 10.7. The lowest BCUT2D eigenvalue weighted by Gasteiger charge is -2.24. The number of rotatable bonds is 4. The Labute approximate surface area is 202 Å². The second-order valence-electron chi connectivity index (χ2n) is 8.70. The highest BCUT2D eigenvalue weighted by atomic mass is 19.1. The van der Waals surface area contributed by atoms with E-state index in [0.717, 1.165) is 23.0 Å². The molecule has 2 aliphatic rings. The maximum Gasteiger partial charge on any atom is 0.351 e. The molecule has 4 rings (SSSR count). The Morgan fingerprint density at radius 3 is 1.44 bits per heavy atom. The van der Waals surface area contributed by atoms with Crippen LogP contribution in [0.4, 0.5) is 20.4 Å². The fourth-order valence-corrected chi connectivity index (χ4v) is 3.93. The Hall–Kier alpha value is -3.02. The number of nitrogens with zero attached hydrogens (tertiary/aromatic N) is 4. The summed E-state index contributed by atoms with van der Waals surface area (Å²) in [5.41, 5.74) is 4.66. The van der Waals surface area contributed by atoms with Gasteiger partial charge in [-0.05, 0) is 26.0 Å². The van der Waals surface area contributed by atoms with Crippen LogP contribution in [-0.2, 0) is 9.47 Å². The SMILES string of the molecule is C[C@@]1(F)[C@H](O)[C@@H](CO)O[C@H]1n1ccc(N)nc1=O.C[C@@]1(F)[C@H](O)[C@@H](CO)O[C@H]1n1ccc(N)nc1=O. The number of aliphatic hydroxyl groups excluding tert-OH is 4. The molecule has 0 aliphatic carbocycles. The van der Waals surface area contributed by atoms with Crippen molar-refractivity contribution in [1.82, 2.24) is 19.1 Å². The number of nitrogens with two attached hydrogens (primary N) is 2. The summed E-state index contributed by atoms with van der Waals surface area (Å²) in [6.07, 6.45) is -5.48. The van der Waals surface area contributed by atoms with E-state index in [1.54, 1.807) is 0 Å². The normalized spacial score (nSPS) is 35.9. The van der Waals surface area contributed by atoms with Crippen molar-refractivity contribution in [2.45, 2.75) is 62.1 Å². The Morgan fingerprint density at radius 2 is 1.19 bits per heavy atom. The molecule has 16 heteroatoms. The molecular weight excluding hydrogens is 490 g/mol. The second-order valence-corrected chi connectivity index (χ2v) is 8.70. The van der Waals surface area contributed by atoms with Gasteiger partial charge in [-0.1, -0.05) is 0 Å². The van der Waals surface area contributed by atoms with Crippen molar-refractivity contribution >= 4 is 11.6 Å². The molecular formula is C20H28F2N6O8. The van der Waals surface area contributed by atoms with Gasteiger partial charge < -0.3 is 41.4 Å². The molecule has 200 valence electrons. The lowest BCUT2D eigenvalue weighted by molar-refractivity contribution is -0.0610. The minimum Gasteiger partial charge on any atom is -0.394 e. The number of aliphatic hydroxyl groups is 4. The van der Waals surface area contributed by atoms with Crippen molar-refractivity contribution in [2.75, 3.05) is 24.7 Å². The molecule has 0 spiro atoms. The van der Waals surface area contributed by atoms with Crippen LogP contribution in [0.5, 0.6) is 0 Å². The van der Waals surface area contributed by atoms with Gasteiger partial charge in [0.15, 0.2) is 23.8 Å². The van der Waals surface area contributed by atoms with Crippen LogP contribution in [0.2, 0.25) is 0 Å². The van der Waals surface area contributed by atoms with E-state index >= 15 is 0 Å². The summed E-state index contributed by atoms with van der Waals surface area (Å²) in [6, 6.07) is 2.64. The topological polar surface area (TPSA) is 221 Å². The smallest absolute Gasteiger partial charge is 0.351 e. The molecule has 36 heavy (non-hydrogen) atoms. The number of ether oxygens (including phenoxy) is 2. The van der Waals surface area contributed by atoms with Crippen LogP contribution >= 0.6 is 0 Å². The van der Waals surface area contributed by atoms with Crippen molar-refractivity contribution in [3.63, 3.8) is 0 Å². The van der Waals surface area contributed by atoms with Gasteiger partial charge in [-0.25, -0.2) is 18.4 Å². The van der Waals surface area contributed by atoms with Gasteiger partial charge in [0.1, 0.15) is 36.1 Å². The van der Waals surface area contributed by atoms with Crippen LogP contribution in [0.1, 0.15) is 26.3 Å². The van der Waals surface area contributed by atoms with Crippen molar-refractivity contribution < 1.29 is 38.7 Å². The first-order chi connectivity index (χ1) is 16.7. The Morgan fingerprint density at radius 1 is 0.861 bits per heavy atom. The number of hydrogen-bond acceptors (Lipinski definition) is 12. The largest absolute Gasteiger partial charge is 0.394 e. The molecule has 2 aliphatic heterocycles. The van der Waals surface area contributed by atoms with E-state index in [-0.39, 0.29) is 11.6 Å². The average molecular weight is 518 g/mol. The molecule has 8 atom stereocenters. The highest BCUT2D eigenvalue weighted by molar-refractivity contribution is 5.24. The van der Waals surface area contributed by atoms with Gasteiger partial charge in [0.25, 0.3) is 0 Å². The number of halogens is 2. The molecule has 14 nitrogen and oxygen atoms in total. The summed E-state index contributed by atoms with van der Waals surface area (Å²) in [5, 5.41) is 37.3. The second kappa shape index (κ2) is 10.2. The van der Waals surface area contributed by atoms with Crippen LogP contribution in [0.3, 0.4) is 0 Å². The zero-order valence-corrected chi connectivity index (χ0v) is 19.3. The van der Waals surface area contributed by atoms with Gasteiger partial charge in [-0.3, -0.25) is 9.13 Å². The van der Waals surface area contributed by atoms with Crippen molar-refractivity contribution in [1.29, 1.82) is 0 Å². The van der Waals surface area contributed by atoms with E-state index in [9.17, 15) is 28.6 Å². The van der Waals surface area contributed by atoms with E-state index in [1.807, 2.05) is 0 Å². The minimum atomic E-state index is -2.21. The van der Waals surface area contributed by atoms with E-state index in [1.165, 1.54) is 24.5 Å². The molecule has 2 aromatic heterocycles. The van der Waals surface area contributed by atoms with Gasteiger partial charge in [-0.15, -0.1) is 0 Å². The number of hydrogen-bond donors (Lipinski definition) is 6. The third kappa shape index (κ3) is 4.95. The molecule has 0 bridgehead atoms. The van der Waals surface area contributed by atoms with E-state index in [2.05, 4.69) is 9.97 Å². The summed E-state index contributed by atoms with van der Waals surface area (Å²) in [4.78, 5) is 30.1. The van der Waals surface area contributed by atoms with Crippen LogP contribution in [0.15, 0.2) is 34.1 Å². The molecule has 0 amide bonds. The Bertz CT molecular complexity index is 1100. The molecule has 2 aromatic rings. The van der Waals surface area contributed by atoms with Crippen molar-refractivity contribution in [3.8, 4) is 0 Å². The van der Waals surface area contributed by atoms with Crippen LogP contribution in [0, 0.1) is 0 Å². The third-order valence-electron chi connectivity index (χ3n) is 6.00. The van der Waals surface area contributed by atoms with Gasteiger partial charge >= 0.3 is 11.4 Å². The van der Waals surface area contributed by atoms with Crippen molar-refractivity contribution in [2.24, 2.45) is 0 Å². The van der Waals surface area contributed by atoms with Crippen LogP contribution in [-0.4, -0.2) is 88.5 Å². The summed E-state index contributed by atoms with van der Waals surface area (Å²) in [7, 11) is 0. The summed E-state index contributed by atoms with van der Waals surface area (Å²) in [5.74, 6) is 0.0168. The summed E-state index contributed by atoms with van der Waals surface area (Å²) in [6.45, 7) is 1.10. The fourth-order valence-electron chi connectivity index (χ4n) is 3.93. The predicted octanol–water partition coefficient (Wildman–Crippen LogP) is -2.39. The fraction of sp³-hybridized carbons (Fsp3) is 0.600. The number of anilines is 2. The van der Waals surface area contributed by atoms with Gasteiger partial charge in [0.05, 0.1) is 13.2 Å². The lowest BCUT2D eigenvalue weighted by Crippen LogP contribution is -2.42. The van der Waals surface area contributed by atoms with Gasteiger partial charge in [0, 0.05) is 12.4 Å². The molecule has 8 N–H and O–H groups in total. The first kappa shape index (κ1) is 27.6. The average Bonchev–Trinajstić information content (AvgIpc) is 3.17. The third-order valence-corrected chi connectivity index (χ3v) is 6.00. The summed E-state index contributed by atoms with van der Waals surface area (Å²) >= 11 is 0. The first-order valence-corrected chi connectivity index (χ1v) is 10.7. The minimum absolute atomic E-state index is 0.00839. The van der Waals surface area contributed by atoms with Crippen LogP contribution in [0.25, 0.3) is 0 Å². The monoisotopic (exact) mass is 518 g/mol. The molecule has 0 saturated carbocycles. The highest BCUT2D eigenvalue weighted by Crippen LogP contribution is 2.41.